The molecule has 0 atom stereocenters. The highest BCUT2D eigenvalue weighted by Gasteiger charge is 2.14. The average Bonchev–Trinajstić information content (AvgIpc) is 2.68. The van der Waals surface area contributed by atoms with E-state index in [1.807, 2.05) is 6.21 Å². The Bertz CT molecular complexity index is 316. The minimum atomic E-state index is 1.19. The summed E-state index contributed by atoms with van der Waals surface area (Å²) in [4.78, 5) is 4.36. The molecule has 68 valence electrons. The number of rotatable bonds is 4. The Morgan fingerprint density at radius 3 is 3.00 bits per heavy atom. The maximum Gasteiger partial charge on any atom is 0.0734 e. The van der Waals surface area contributed by atoms with E-state index in [9.17, 15) is 0 Å². The smallest absolute Gasteiger partial charge is 0.0734 e. The maximum absolute atomic E-state index is 4.36. The molecular formula is C12H15N. The normalized spacial score (nSPS) is 18.4. The van der Waals surface area contributed by atoms with Gasteiger partial charge in [0.1, 0.15) is 0 Å². The van der Waals surface area contributed by atoms with Crippen LogP contribution in [0.4, 0.5) is 0 Å². The Hall–Kier alpha value is -1.11. The van der Waals surface area contributed by atoms with Gasteiger partial charge >= 0.3 is 0 Å². The van der Waals surface area contributed by atoms with Crippen molar-refractivity contribution in [3.05, 3.63) is 35.1 Å². The number of unbranched alkanes of at least 4 members (excludes halogenated alkanes) is 2. The molecule has 1 heteroatoms. The Balaban J connectivity index is 1.99. The third kappa shape index (κ3) is 1.64. The molecule has 1 aliphatic carbocycles. The lowest BCUT2D eigenvalue weighted by molar-refractivity contribution is 0.718. The first-order chi connectivity index (χ1) is 6.42. The fourth-order valence-electron chi connectivity index (χ4n) is 1.78. The first kappa shape index (κ1) is 8.49. The number of hydrogen-bond donors (Lipinski definition) is 0. The van der Waals surface area contributed by atoms with Crippen LogP contribution < -0.4 is 0 Å². The van der Waals surface area contributed by atoms with Crippen LogP contribution in [0.2, 0.25) is 0 Å². The summed E-state index contributed by atoms with van der Waals surface area (Å²) in [6, 6.07) is 0. The lowest BCUT2D eigenvalue weighted by atomic mass is 10.1. The van der Waals surface area contributed by atoms with Gasteiger partial charge in [-0.3, -0.25) is 4.99 Å². The van der Waals surface area contributed by atoms with Gasteiger partial charge in [-0.1, -0.05) is 31.9 Å². The zero-order chi connectivity index (χ0) is 9.10. The van der Waals surface area contributed by atoms with E-state index in [1.165, 1.54) is 42.5 Å². The topological polar surface area (TPSA) is 12.4 Å². The van der Waals surface area contributed by atoms with Crippen molar-refractivity contribution in [2.75, 3.05) is 0 Å². The molecule has 0 bridgehead atoms. The second-order valence-corrected chi connectivity index (χ2v) is 3.56. The number of fused-ring (bicyclic) bond motifs is 1. The lowest BCUT2D eigenvalue weighted by Crippen LogP contribution is -1.82. The van der Waals surface area contributed by atoms with Gasteiger partial charge in [0.2, 0.25) is 0 Å². The molecule has 2 rings (SSSR count). The quantitative estimate of drug-likeness (QED) is 0.578. The first-order valence-corrected chi connectivity index (χ1v) is 5.08. The largest absolute Gasteiger partial charge is 0.256 e. The molecule has 0 saturated heterocycles. The molecule has 1 nitrogen and oxygen atoms in total. The van der Waals surface area contributed by atoms with Crippen molar-refractivity contribution >= 4 is 6.21 Å². The predicted molar refractivity (Wildman–Crippen MR) is 56.9 cm³/mol. The number of nitrogens with zero attached hydrogens (tertiary/aromatic N) is 1. The predicted octanol–water partition coefficient (Wildman–Crippen LogP) is 3.40. The Labute approximate surface area is 79.6 Å². The molecule has 0 N–H and O–H groups in total. The first-order valence-electron chi connectivity index (χ1n) is 5.08. The van der Waals surface area contributed by atoms with Crippen LogP contribution in [0.5, 0.6) is 0 Å². The van der Waals surface area contributed by atoms with E-state index in [0.29, 0.717) is 0 Å². The third-order valence-electron chi connectivity index (χ3n) is 2.55. The van der Waals surface area contributed by atoms with Gasteiger partial charge in [0.05, 0.1) is 5.70 Å². The van der Waals surface area contributed by atoms with Crippen molar-refractivity contribution in [3.63, 3.8) is 0 Å². The van der Waals surface area contributed by atoms with Crippen LogP contribution in [-0.2, 0) is 0 Å². The van der Waals surface area contributed by atoms with Crippen LogP contribution in [-0.4, -0.2) is 6.21 Å². The molecule has 0 aromatic rings. The summed E-state index contributed by atoms with van der Waals surface area (Å²) in [5.74, 6) is 0. The van der Waals surface area contributed by atoms with Crippen molar-refractivity contribution in [2.24, 2.45) is 4.99 Å². The SMILES string of the molecule is CCCCCC1=C2N=CC=C2C=C1. The van der Waals surface area contributed by atoms with Gasteiger partial charge in [-0.2, -0.15) is 0 Å². The zero-order valence-electron chi connectivity index (χ0n) is 8.09. The standard InChI is InChI=1S/C12H15N/c1-2-3-4-5-10-6-7-11-8-9-13-12(10)11/h6-9H,2-5H2,1H3. The molecule has 0 fully saturated rings. The van der Waals surface area contributed by atoms with E-state index in [-0.39, 0.29) is 0 Å². The Kier molecular flexibility index (Phi) is 2.44. The molecule has 13 heavy (non-hydrogen) atoms. The molecule has 1 aliphatic heterocycles. The van der Waals surface area contributed by atoms with Crippen molar-refractivity contribution in [3.8, 4) is 0 Å². The fourth-order valence-corrected chi connectivity index (χ4v) is 1.78. The molecule has 0 unspecified atom stereocenters. The summed E-state index contributed by atoms with van der Waals surface area (Å²) in [5.41, 5.74) is 3.94. The second-order valence-electron chi connectivity index (χ2n) is 3.56. The average molecular weight is 173 g/mol. The summed E-state index contributed by atoms with van der Waals surface area (Å²) < 4.78 is 0. The van der Waals surface area contributed by atoms with E-state index in [4.69, 9.17) is 0 Å². The minimum absolute atomic E-state index is 1.19. The van der Waals surface area contributed by atoms with Crippen LogP contribution in [0, 0.1) is 0 Å². The van der Waals surface area contributed by atoms with E-state index < -0.39 is 0 Å². The summed E-state index contributed by atoms with van der Waals surface area (Å²) in [6.45, 7) is 2.24. The van der Waals surface area contributed by atoms with Gasteiger partial charge in [-0.25, -0.2) is 0 Å². The van der Waals surface area contributed by atoms with Gasteiger partial charge in [0.25, 0.3) is 0 Å². The Morgan fingerprint density at radius 1 is 1.23 bits per heavy atom. The van der Waals surface area contributed by atoms with Crippen molar-refractivity contribution in [1.82, 2.24) is 0 Å². The highest BCUT2D eigenvalue weighted by atomic mass is 14.8. The molecule has 0 aromatic heterocycles. The highest BCUT2D eigenvalue weighted by molar-refractivity contribution is 5.83. The van der Waals surface area contributed by atoms with E-state index >= 15 is 0 Å². The van der Waals surface area contributed by atoms with Crippen LogP contribution in [0.1, 0.15) is 32.6 Å². The van der Waals surface area contributed by atoms with Crippen molar-refractivity contribution in [2.45, 2.75) is 32.6 Å². The highest BCUT2D eigenvalue weighted by Crippen LogP contribution is 2.31. The van der Waals surface area contributed by atoms with Gasteiger partial charge < -0.3 is 0 Å². The fraction of sp³-hybridized carbons (Fsp3) is 0.417. The van der Waals surface area contributed by atoms with E-state index in [2.05, 4.69) is 30.1 Å². The number of allylic oxidation sites excluding steroid dienone is 4. The summed E-state index contributed by atoms with van der Waals surface area (Å²) in [6.07, 6.45) is 13.5. The molecule has 0 amide bonds. The molecule has 2 aliphatic rings. The van der Waals surface area contributed by atoms with Crippen LogP contribution in [0.15, 0.2) is 40.1 Å². The molecule has 0 spiro atoms. The van der Waals surface area contributed by atoms with Gasteiger partial charge in [0.15, 0.2) is 0 Å². The van der Waals surface area contributed by atoms with E-state index in [1.54, 1.807) is 0 Å². The number of aliphatic imine (C=N–C) groups is 1. The van der Waals surface area contributed by atoms with Gasteiger partial charge in [-0.05, 0) is 24.5 Å². The van der Waals surface area contributed by atoms with Crippen molar-refractivity contribution < 1.29 is 0 Å². The minimum Gasteiger partial charge on any atom is -0.256 e. The molecule has 1 heterocycles. The second kappa shape index (κ2) is 3.73. The van der Waals surface area contributed by atoms with E-state index in [0.717, 1.165) is 0 Å². The molecule has 0 aromatic carbocycles. The molecule has 0 saturated carbocycles. The number of hydrogen-bond acceptors (Lipinski definition) is 1. The van der Waals surface area contributed by atoms with Crippen LogP contribution in [0.3, 0.4) is 0 Å². The van der Waals surface area contributed by atoms with Gasteiger partial charge in [-0.15, -0.1) is 0 Å². The van der Waals surface area contributed by atoms with Crippen LogP contribution in [0.25, 0.3) is 0 Å². The summed E-state index contributed by atoms with van der Waals surface area (Å²) in [5, 5.41) is 0. The molecule has 0 radical (unpaired) electrons. The monoisotopic (exact) mass is 173 g/mol. The van der Waals surface area contributed by atoms with Crippen LogP contribution >= 0.6 is 0 Å². The lowest BCUT2D eigenvalue weighted by Gasteiger charge is -2.00. The third-order valence-corrected chi connectivity index (χ3v) is 2.55. The summed E-state index contributed by atoms with van der Waals surface area (Å²) in [7, 11) is 0. The van der Waals surface area contributed by atoms with Gasteiger partial charge in [0, 0.05) is 11.8 Å². The Morgan fingerprint density at radius 2 is 2.15 bits per heavy atom. The molecular weight excluding hydrogens is 158 g/mol. The summed E-state index contributed by atoms with van der Waals surface area (Å²) >= 11 is 0. The maximum atomic E-state index is 4.36. The zero-order valence-corrected chi connectivity index (χ0v) is 8.09. The van der Waals surface area contributed by atoms with Crippen molar-refractivity contribution in [1.29, 1.82) is 0 Å².